The molecule has 0 radical (unpaired) electrons. The molecule has 2 aromatic rings. The molecule has 27 heavy (non-hydrogen) atoms. The number of rotatable bonds is 4. The minimum atomic E-state index is -0.506. The Balaban J connectivity index is 1.33. The van der Waals surface area contributed by atoms with Gasteiger partial charge in [-0.05, 0) is 6.07 Å². The summed E-state index contributed by atoms with van der Waals surface area (Å²) in [7, 11) is 0. The fraction of sp³-hybridized carbons (Fsp3) is 0.421. The van der Waals surface area contributed by atoms with Gasteiger partial charge in [-0.25, -0.2) is 14.4 Å². The smallest absolute Gasteiger partial charge is 0.256 e. The van der Waals surface area contributed by atoms with Crippen molar-refractivity contribution in [1.82, 2.24) is 14.9 Å². The molecule has 2 saturated heterocycles. The Morgan fingerprint density at radius 3 is 2.48 bits per heavy atom. The molecule has 7 nitrogen and oxygen atoms in total. The minimum absolute atomic E-state index is 0.108. The predicted molar refractivity (Wildman–Crippen MR) is 95.5 cm³/mol. The number of carbonyl (C=O) groups excluding carboxylic acids is 1. The Labute approximate surface area is 156 Å². The molecule has 1 spiro atoms. The number of aromatic nitrogens is 2. The number of benzene rings is 1. The molecule has 2 aliphatic heterocycles. The molecular formula is C19H21FN4O3. The van der Waals surface area contributed by atoms with Gasteiger partial charge in [-0.15, -0.1) is 0 Å². The Kier molecular flexibility index (Phi) is 5.00. The topological polar surface area (TPSA) is 76.6 Å². The first-order valence-corrected chi connectivity index (χ1v) is 9.02. The van der Waals surface area contributed by atoms with Crippen LogP contribution < -0.4 is 5.32 Å². The van der Waals surface area contributed by atoms with Gasteiger partial charge < -0.3 is 19.7 Å². The Morgan fingerprint density at radius 2 is 1.81 bits per heavy atom. The number of piperidine rings is 1. The summed E-state index contributed by atoms with van der Waals surface area (Å²) < 4.78 is 25.0. The highest BCUT2D eigenvalue weighted by Crippen LogP contribution is 2.31. The van der Waals surface area contributed by atoms with E-state index in [4.69, 9.17) is 9.47 Å². The number of hydrogen-bond donors (Lipinski definition) is 1. The van der Waals surface area contributed by atoms with Gasteiger partial charge >= 0.3 is 0 Å². The van der Waals surface area contributed by atoms with Crippen molar-refractivity contribution < 1.29 is 18.7 Å². The van der Waals surface area contributed by atoms with Crippen molar-refractivity contribution in [2.24, 2.45) is 0 Å². The van der Waals surface area contributed by atoms with Crippen molar-refractivity contribution in [1.29, 1.82) is 0 Å². The van der Waals surface area contributed by atoms with Crippen molar-refractivity contribution in [3.63, 3.8) is 0 Å². The fourth-order valence-electron chi connectivity index (χ4n) is 3.36. The zero-order chi connectivity index (χ0) is 18.7. The SMILES string of the molecule is O=C(c1cnc(NCc2ccccc2F)nc1)N1CCC2(CC1)OCCO2. The second-order valence-electron chi connectivity index (χ2n) is 6.64. The molecule has 1 N–H and O–H groups in total. The quantitative estimate of drug-likeness (QED) is 0.887. The van der Waals surface area contributed by atoms with Crippen LogP contribution in [0.2, 0.25) is 0 Å². The lowest BCUT2D eigenvalue weighted by Crippen LogP contribution is -2.47. The maximum absolute atomic E-state index is 13.6. The highest BCUT2D eigenvalue weighted by Gasteiger charge is 2.40. The van der Waals surface area contributed by atoms with Gasteiger partial charge in [0.1, 0.15) is 5.82 Å². The lowest BCUT2D eigenvalue weighted by molar-refractivity contribution is -0.181. The molecule has 142 valence electrons. The monoisotopic (exact) mass is 372 g/mol. The fourth-order valence-corrected chi connectivity index (χ4v) is 3.36. The number of carbonyl (C=O) groups is 1. The average molecular weight is 372 g/mol. The van der Waals surface area contributed by atoms with Crippen LogP contribution >= 0.6 is 0 Å². The number of halogens is 1. The molecule has 0 atom stereocenters. The third-order valence-electron chi connectivity index (χ3n) is 4.92. The highest BCUT2D eigenvalue weighted by atomic mass is 19.1. The van der Waals surface area contributed by atoms with Gasteiger partial charge in [0.25, 0.3) is 5.91 Å². The van der Waals surface area contributed by atoms with Gasteiger partial charge in [-0.3, -0.25) is 4.79 Å². The summed E-state index contributed by atoms with van der Waals surface area (Å²) in [5.41, 5.74) is 0.954. The van der Waals surface area contributed by atoms with Crippen LogP contribution in [0.4, 0.5) is 10.3 Å². The van der Waals surface area contributed by atoms with Crippen molar-refractivity contribution in [3.8, 4) is 0 Å². The Morgan fingerprint density at radius 1 is 1.15 bits per heavy atom. The first kappa shape index (κ1) is 17.8. The number of anilines is 1. The Hall–Kier alpha value is -2.58. The number of hydrogen-bond acceptors (Lipinski definition) is 6. The third-order valence-corrected chi connectivity index (χ3v) is 4.92. The molecular weight excluding hydrogens is 351 g/mol. The van der Waals surface area contributed by atoms with E-state index in [1.165, 1.54) is 18.5 Å². The summed E-state index contributed by atoms with van der Waals surface area (Å²) in [5.74, 6) is -0.549. The predicted octanol–water partition coefficient (Wildman–Crippen LogP) is 2.21. The number of nitrogens with one attached hydrogen (secondary N) is 1. The molecule has 1 amide bonds. The van der Waals surface area contributed by atoms with E-state index in [1.54, 1.807) is 23.1 Å². The van der Waals surface area contributed by atoms with E-state index in [-0.39, 0.29) is 18.3 Å². The van der Waals surface area contributed by atoms with Crippen LogP contribution in [0.15, 0.2) is 36.7 Å². The summed E-state index contributed by atoms with van der Waals surface area (Å²) in [4.78, 5) is 22.7. The molecule has 3 heterocycles. The van der Waals surface area contributed by atoms with Crippen molar-refractivity contribution in [2.75, 3.05) is 31.6 Å². The summed E-state index contributed by atoms with van der Waals surface area (Å²) in [6.45, 7) is 2.65. The van der Waals surface area contributed by atoms with Gasteiger partial charge in [0.15, 0.2) is 5.79 Å². The molecule has 1 aromatic heterocycles. The second kappa shape index (κ2) is 7.58. The van der Waals surface area contributed by atoms with Gasteiger partial charge in [0, 0.05) is 50.4 Å². The van der Waals surface area contributed by atoms with Crippen LogP contribution in [0, 0.1) is 5.82 Å². The Bertz CT molecular complexity index is 799. The molecule has 2 fully saturated rings. The molecule has 4 rings (SSSR count). The van der Waals surface area contributed by atoms with Crippen LogP contribution in [0.1, 0.15) is 28.8 Å². The van der Waals surface area contributed by atoms with Crippen LogP contribution in [0.5, 0.6) is 0 Å². The van der Waals surface area contributed by atoms with Crippen LogP contribution in [-0.2, 0) is 16.0 Å². The van der Waals surface area contributed by atoms with E-state index in [0.717, 1.165) is 0 Å². The number of ether oxygens (including phenoxy) is 2. The van der Waals surface area contributed by atoms with Gasteiger partial charge in [-0.1, -0.05) is 18.2 Å². The minimum Gasteiger partial charge on any atom is -0.350 e. The van der Waals surface area contributed by atoms with Crippen LogP contribution in [-0.4, -0.2) is 52.9 Å². The first-order chi connectivity index (χ1) is 13.2. The van der Waals surface area contributed by atoms with E-state index in [0.29, 0.717) is 56.2 Å². The lowest BCUT2D eigenvalue weighted by atomic mass is 10.0. The normalized spacial score (nSPS) is 18.6. The first-order valence-electron chi connectivity index (χ1n) is 9.02. The van der Waals surface area contributed by atoms with E-state index in [1.807, 2.05) is 0 Å². The summed E-state index contributed by atoms with van der Waals surface area (Å²) >= 11 is 0. The average Bonchev–Trinajstić information content (AvgIpc) is 3.16. The number of amides is 1. The molecule has 0 aliphatic carbocycles. The highest BCUT2D eigenvalue weighted by molar-refractivity contribution is 5.93. The van der Waals surface area contributed by atoms with Crippen LogP contribution in [0.25, 0.3) is 0 Å². The van der Waals surface area contributed by atoms with E-state index < -0.39 is 5.79 Å². The summed E-state index contributed by atoms with van der Waals surface area (Å²) in [6.07, 6.45) is 4.32. The van der Waals surface area contributed by atoms with Gasteiger partial charge in [0.2, 0.25) is 5.95 Å². The van der Waals surface area contributed by atoms with Crippen LogP contribution in [0.3, 0.4) is 0 Å². The molecule has 1 aromatic carbocycles. The van der Waals surface area contributed by atoms with E-state index in [2.05, 4.69) is 15.3 Å². The maximum atomic E-state index is 13.6. The molecule has 2 aliphatic rings. The largest absolute Gasteiger partial charge is 0.350 e. The summed E-state index contributed by atoms with van der Waals surface area (Å²) in [6, 6.07) is 6.52. The van der Waals surface area contributed by atoms with Gasteiger partial charge in [-0.2, -0.15) is 0 Å². The van der Waals surface area contributed by atoms with Crippen molar-refractivity contribution in [2.45, 2.75) is 25.2 Å². The van der Waals surface area contributed by atoms with Crippen molar-refractivity contribution in [3.05, 3.63) is 53.6 Å². The number of nitrogens with zero attached hydrogens (tertiary/aromatic N) is 3. The maximum Gasteiger partial charge on any atom is 0.256 e. The van der Waals surface area contributed by atoms with Crippen molar-refractivity contribution >= 4 is 11.9 Å². The molecule has 0 unspecified atom stereocenters. The summed E-state index contributed by atoms with van der Waals surface area (Å²) in [5, 5.41) is 2.96. The molecule has 0 bridgehead atoms. The standard InChI is InChI=1S/C19H21FN4O3/c20-16-4-2-1-3-14(16)11-21-18-22-12-15(13-23-18)17(25)24-7-5-19(6-8-24)26-9-10-27-19/h1-4,12-13H,5-11H2,(H,21,22,23). The zero-order valence-corrected chi connectivity index (χ0v) is 14.9. The lowest BCUT2D eigenvalue weighted by Gasteiger charge is -2.37. The van der Waals surface area contributed by atoms with E-state index >= 15 is 0 Å². The third kappa shape index (κ3) is 3.91. The molecule has 8 heteroatoms. The van der Waals surface area contributed by atoms with E-state index in [9.17, 15) is 9.18 Å². The zero-order valence-electron chi connectivity index (χ0n) is 14.9. The second-order valence-corrected chi connectivity index (χ2v) is 6.64. The number of likely N-dealkylation sites (tertiary alicyclic amines) is 1. The molecule has 0 saturated carbocycles. The van der Waals surface area contributed by atoms with Gasteiger partial charge in [0.05, 0.1) is 18.8 Å².